The molecule has 0 amide bonds. The van der Waals surface area contributed by atoms with Gasteiger partial charge in [0.25, 0.3) is 0 Å². The molecule has 0 bridgehead atoms. The summed E-state index contributed by atoms with van der Waals surface area (Å²) < 4.78 is 17.6. The van der Waals surface area contributed by atoms with Crippen molar-refractivity contribution in [3.8, 4) is 24.2 Å². The monoisotopic (exact) mass is 490 g/mol. The number of rotatable bonds is 10. The lowest BCUT2D eigenvalue weighted by atomic mass is 10.2. The molecule has 0 aliphatic heterocycles. The van der Waals surface area contributed by atoms with Gasteiger partial charge in [-0.1, -0.05) is 71.6 Å². The predicted molar refractivity (Wildman–Crippen MR) is 145 cm³/mol. The zero-order valence-electron chi connectivity index (χ0n) is 22.8. The number of carbonyl (C=O) groups excluding carboxylic acids is 1. The minimum atomic E-state index is -2.01. The molecule has 2 atom stereocenters. The van der Waals surface area contributed by atoms with Crippen molar-refractivity contribution in [1.82, 2.24) is 0 Å². The maximum atomic E-state index is 11.6. The van der Waals surface area contributed by atoms with Crippen molar-refractivity contribution in [1.29, 1.82) is 0 Å². The maximum absolute atomic E-state index is 11.6. The molecule has 0 heterocycles. The number of hydrogen-bond donors (Lipinski definition) is 0. The van der Waals surface area contributed by atoms with E-state index in [9.17, 15) is 4.79 Å². The molecule has 33 heavy (non-hydrogen) atoms. The minimum absolute atomic E-state index is 0.0625. The SMILES string of the molecule is C#CC[C@H](/C=C/C=C/C#C[C@H](CCC(=O)OC)O[Si](C)(C)C(C)(C)C)O[Si](C)(C)C(C)(C)C. The lowest BCUT2D eigenvalue weighted by Crippen LogP contribution is -2.43. The first-order chi connectivity index (χ1) is 15.0. The van der Waals surface area contributed by atoms with Gasteiger partial charge in [-0.2, -0.15) is 0 Å². The van der Waals surface area contributed by atoms with E-state index < -0.39 is 16.6 Å². The van der Waals surface area contributed by atoms with E-state index in [0.29, 0.717) is 12.8 Å². The second-order valence-corrected chi connectivity index (χ2v) is 20.9. The molecule has 186 valence electrons. The van der Waals surface area contributed by atoms with Gasteiger partial charge >= 0.3 is 5.97 Å². The molecule has 0 radical (unpaired) electrons. The van der Waals surface area contributed by atoms with Gasteiger partial charge in [0.1, 0.15) is 6.10 Å². The summed E-state index contributed by atoms with van der Waals surface area (Å²) in [6.45, 7) is 22.0. The highest BCUT2D eigenvalue weighted by molar-refractivity contribution is 6.74. The fourth-order valence-corrected chi connectivity index (χ4v) is 4.81. The first kappa shape index (κ1) is 31.4. The van der Waals surface area contributed by atoms with Crippen LogP contribution in [0.2, 0.25) is 36.3 Å². The molecular formula is C27H46O4Si2. The third kappa shape index (κ3) is 11.9. The third-order valence-electron chi connectivity index (χ3n) is 6.51. The summed E-state index contributed by atoms with van der Waals surface area (Å²) in [5.74, 6) is 8.71. The molecule has 0 spiro atoms. The van der Waals surface area contributed by atoms with Crippen LogP contribution >= 0.6 is 0 Å². The highest BCUT2D eigenvalue weighted by Gasteiger charge is 2.39. The van der Waals surface area contributed by atoms with Crippen molar-refractivity contribution in [2.75, 3.05) is 7.11 Å². The number of terminal acetylenes is 1. The van der Waals surface area contributed by atoms with Gasteiger partial charge in [0.05, 0.1) is 13.2 Å². The summed E-state index contributed by atoms with van der Waals surface area (Å²) in [5.41, 5.74) is 0. The summed E-state index contributed by atoms with van der Waals surface area (Å²) in [5, 5.41) is 0.186. The molecule has 0 saturated heterocycles. The van der Waals surface area contributed by atoms with E-state index in [2.05, 4.69) is 85.5 Å². The van der Waals surface area contributed by atoms with Gasteiger partial charge in [-0.15, -0.1) is 12.3 Å². The standard InChI is InChI=1S/C27H46O4Si2/c1-13-18-23(30-32(9,10)26(2,3)4)19-16-14-15-17-20-24(21-22-25(28)29-8)31-33(11,12)27(5,6)7/h1,14-16,19,23-24H,18,21-22H2,2-12H3/b15-14+,19-16+/t23-,24-/m1/s1. The number of ether oxygens (including phenoxy) is 1. The predicted octanol–water partition coefficient (Wildman–Crippen LogP) is 6.86. The Balaban J connectivity index is 5.32. The van der Waals surface area contributed by atoms with E-state index in [4.69, 9.17) is 20.0 Å². The summed E-state index contributed by atoms with van der Waals surface area (Å²) in [6, 6.07) is 0. The summed E-state index contributed by atoms with van der Waals surface area (Å²) in [7, 11) is -2.52. The van der Waals surface area contributed by atoms with E-state index in [-0.39, 0.29) is 34.7 Å². The van der Waals surface area contributed by atoms with E-state index >= 15 is 0 Å². The zero-order valence-corrected chi connectivity index (χ0v) is 24.8. The van der Waals surface area contributed by atoms with Crippen LogP contribution in [-0.2, 0) is 18.4 Å². The topological polar surface area (TPSA) is 44.8 Å². The number of carbonyl (C=O) groups is 1. The molecule has 0 aromatic rings. The number of methoxy groups -OCH3 is 1. The zero-order chi connectivity index (χ0) is 25.9. The molecule has 0 fully saturated rings. The third-order valence-corrected chi connectivity index (χ3v) is 15.5. The van der Waals surface area contributed by atoms with Gasteiger partial charge in [0.15, 0.2) is 16.6 Å². The Hall–Kier alpha value is -1.58. The highest BCUT2D eigenvalue weighted by atomic mass is 28.4. The van der Waals surface area contributed by atoms with E-state index in [1.807, 2.05) is 18.2 Å². The summed E-state index contributed by atoms with van der Waals surface area (Å²) in [4.78, 5) is 11.6. The van der Waals surface area contributed by atoms with Crippen LogP contribution in [0.1, 0.15) is 60.8 Å². The normalized spacial score (nSPS) is 15.1. The highest BCUT2D eigenvalue weighted by Crippen LogP contribution is 2.38. The molecule has 0 aliphatic carbocycles. The van der Waals surface area contributed by atoms with Crippen molar-refractivity contribution < 1.29 is 18.4 Å². The number of esters is 1. The van der Waals surface area contributed by atoms with E-state index in [1.54, 1.807) is 6.08 Å². The quantitative estimate of drug-likeness (QED) is 0.145. The molecule has 0 aliphatic rings. The van der Waals surface area contributed by atoms with Crippen LogP contribution in [0.25, 0.3) is 0 Å². The Morgan fingerprint density at radius 2 is 1.52 bits per heavy atom. The molecule has 0 saturated carbocycles. The molecule has 0 unspecified atom stereocenters. The minimum Gasteiger partial charge on any atom is -0.469 e. The summed E-state index contributed by atoms with van der Waals surface area (Å²) in [6.07, 6.45) is 14.1. The van der Waals surface area contributed by atoms with Gasteiger partial charge in [0.2, 0.25) is 0 Å². The van der Waals surface area contributed by atoms with Gasteiger partial charge in [-0.05, 0) is 48.8 Å². The largest absolute Gasteiger partial charge is 0.469 e. The Bertz CT molecular complexity index is 778. The second-order valence-electron chi connectivity index (χ2n) is 11.3. The van der Waals surface area contributed by atoms with Gasteiger partial charge in [0, 0.05) is 12.8 Å². The van der Waals surface area contributed by atoms with Crippen LogP contribution in [0.4, 0.5) is 0 Å². The molecule has 0 aromatic heterocycles. The lowest BCUT2D eigenvalue weighted by molar-refractivity contribution is -0.141. The average molecular weight is 491 g/mol. The molecule has 0 rings (SSSR count). The van der Waals surface area contributed by atoms with Crippen molar-refractivity contribution in [2.24, 2.45) is 0 Å². The van der Waals surface area contributed by atoms with Crippen LogP contribution in [0.15, 0.2) is 24.3 Å². The van der Waals surface area contributed by atoms with Crippen molar-refractivity contribution in [3.63, 3.8) is 0 Å². The Morgan fingerprint density at radius 3 is 2.00 bits per heavy atom. The Morgan fingerprint density at radius 1 is 0.970 bits per heavy atom. The Kier molecular flexibility index (Phi) is 12.7. The molecule has 4 nitrogen and oxygen atoms in total. The van der Waals surface area contributed by atoms with Gasteiger partial charge in [-0.3, -0.25) is 4.79 Å². The maximum Gasteiger partial charge on any atom is 0.305 e. The van der Waals surface area contributed by atoms with Gasteiger partial charge in [-0.25, -0.2) is 0 Å². The van der Waals surface area contributed by atoms with Crippen molar-refractivity contribution >= 4 is 22.6 Å². The molecule has 0 N–H and O–H groups in total. The smallest absolute Gasteiger partial charge is 0.305 e. The van der Waals surface area contributed by atoms with Gasteiger partial charge < -0.3 is 13.6 Å². The fourth-order valence-electron chi connectivity index (χ4n) is 2.30. The Labute approximate surface area is 205 Å². The average Bonchev–Trinajstić information content (AvgIpc) is 2.65. The van der Waals surface area contributed by atoms with Crippen molar-refractivity contribution in [2.45, 2.75) is 109 Å². The van der Waals surface area contributed by atoms with Crippen LogP contribution in [-0.4, -0.2) is 41.9 Å². The second kappa shape index (κ2) is 13.3. The van der Waals surface area contributed by atoms with Crippen molar-refractivity contribution in [3.05, 3.63) is 24.3 Å². The van der Waals surface area contributed by atoms with Crippen LogP contribution in [0.3, 0.4) is 0 Å². The molecule has 6 heteroatoms. The van der Waals surface area contributed by atoms with Crippen LogP contribution in [0, 0.1) is 24.2 Å². The number of allylic oxidation sites excluding steroid dienone is 3. The molecular weight excluding hydrogens is 444 g/mol. The van der Waals surface area contributed by atoms with E-state index in [0.717, 1.165) is 0 Å². The number of hydrogen-bond acceptors (Lipinski definition) is 4. The van der Waals surface area contributed by atoms with E-state index in [1.165, 1.54) is 7.11 Å². The first-order valence-electron chi connectivity index (χ1n) is 11.7. The molecule has 0 aromatic carbocycles. The first-order valence-corrected chi connectivity index (χ1v) is 17.5. The fraction of sp³-hybridized carbons (Fsp3) is 0.667. The van der Waals surface area contributed by atoms with Crippen LogP contribution < -0.4 is 0 Å². The summed E-state index contributed by atoms with van der Waals surface area (Å²) >= 11 is 0. The van der Waals surface area contributed by atoms with Crippen LogP contribution in [0.5, 0.6) is 0 Å². The lowest BCUT2D eigenvalue weighted by Gasteiger charge is -2.38.